The molecule has 0 aliphatic heterocycles. The van der Waals surface area contributed by atoms with Gasteiger partial charge >= 0.3 is 0 Å². The number of benzene rings is 15. The fraction of sp³-hybridized carbons (Fsp3) is 0.0108. The first kappa shape index (κ1) is 57.7. The quantitative estimate of drug-likeness (QED) is 0.126. The van der Waals surface area contributed by atoms with Crippen molar-refractivity contribution in [1.29, 1.82) is 0 Å². The smallest absolute Gasteiger partial charge is 0.164 e. The molecule has 19 aromatic rings. The minimum absolute atomic E-state index is 0.572. The number of rotatable bonds is 11. The first-order chi connectivity index (χ1) is 50.0. The fourth-order valence-electron chi connectivity index (χ4n) is 15.5. The molecule has 0 saturated carbocycles. The Balaban J connectivity index is 0.679. The summed E-state index contributed by atoms with van der Waals surface area (Å²) in [6, 6.07) is 120. The molecule has 0 radical (unpaired) electrons. The van der Waals surface area contributed by atoms with E-state index in [0.29, 0.717) is 34.9 Å². The standard InChI is InChI=1S/C93H56N6O2/c1-5-20-61(21-6-1)87-94-89(96-90(95-87)64-44-40-58(41-45-64)71-34-18-24-59-46-52-77-75-32-13-15-36-81(75)100-85(77)83(59)71)63-42-38-57(39-43-63)65-48-50-73-74-51-49-68(56-80(74)93(79(73)55-65,69-28-9-3-10-29-69)70-30-11-4-12-31-70)92-98-88(62-22-7-2-8-23-62)97-91(99-92)67-27-17-26-66(54-67)72-35-19-25-60-47-53-78-76-33-14-16-37-82(76)101-86(78)84(60)72/h1-56H. The Morgan fingerprint density at radius 2 is 0.554 bits per heavy atom. The van der Waals surface area contributed by atoms with Crippen molar-refractivity contribution < 1.29 is 8.83 Å². The van der Waals surface area contributed by atoms with Gasteiger partial charge in [0.25, 0.3) is 0 Å². The molecule has 0 bridgehead atoms. The first-order valence-electron chi connectivity index (χ1n) is 34.0. The molecule has 8 heteroatoms. The maximum atomic E-state index is 6.66. The molecule has 0 N–H and O–H groups in total. The van der Waals surface area contributed by atoms with Crippen LogP contribution in [0.25, 0.3) is 178 Å². The molecule has 0 spiro atoms. The zero-order chi connectivity index (χ0) is 66.5. The lowest BCUT2D eigenvalue weighted by Gasteiger charge is -2.34. The van der Waals surface area contributed by atoms with Gasteiger partial charge in [-0.3, -0.25) is 0 Å². The van der Waals surface area contributed by atoms with Gasteiger partial charge in [0.1, 0.15) is 22.3 Å². The third-order valence-electron chi connectivity index (χ3n) is 20.3. The second-order valence-corrected chi connectivity index (χ2v) is 26.0. The maximum absolute atomic E-state index is 6.66. The van der Waals surface area contributed by atoms with Crippen molar-refractivity contribution in [3.05, 3.63) is 362 Å². The van der Waals surface area contributed by atoms with Crippen LogP contribution in [0.5, 0.6) is 0 Å². The van der Waals surface area contributed by atoms with Gasteiger partial charge in [-0.25, -0.2) is 29.9 Å². The Morgan fingerprint density at radius 1 is 0.208 bits per heavy atom. The number of furan rings is 2. The lowest BCUT2D eigenvalue weighted by Crippen LogP contribution is -2.28. The van der Waals surface area contributed by atoms with E-state index in [2.05, 4.69) is 267 Å². The lowest BCUT2D eigenvalue weighted by atomic mass is 9.67. The van der Waals surface area contributed by atoms with Gasteiger partial charge < -0.3 is 8.83 Å². The Labute approximate surface area is 580 Å². The highest BCUT2D eigenvalue weighted by Crippen LogP contribution is 2.58. The summed E-state index contributed by atoms with van der Waals surface area (Å²) >= 11 is 0. The van der Waals surface area contributed by atoms with E-state index in [9.17, 15) is 0 Å². The van der Waals surface area contributed by atoms with Gasteiger partial charge in [0.15, 0.2) is 34.9 Å². The molecule has 1 aliphatic carbocycles. The van der Waals surface area contributed by atoms with Crippen LogP contribution in [0.1, 0.15) is 22.3 Å². The van der Waals surface area contributed by atoms with Crippen molar-refractivity contribution in [3.63, 3.8) is 0 Å². The van der Waals surface area contributed by atoms with Crippen molar-refractivity contribution in [3.8, 4) is 113 Å². The van der Waals surface area contributed by atoms with Crippen LogP contribution < -0.4 is 0 Å². The minimum atomic E-state index is -0.751. The number of hydrogen-bond donors (Lipinski definition) is 0. The zero-order valence-corrected chi connectivity index (χ0v) is 54.3. The van der Waals surface area contributed by atoms with Gasteiger partial charge in [0.05, 0.1) is 5.41 Å². The number of hydrogen-bond acceptors (Lipinski definition) is 8. The van der Waals surface area contributed by atoms with Gasteiger partial charge in [-0.2, -0.15) is 0 Å². The lowest BCUT2D eigenvalue weighted by molar-refractivity contribution is 0.672. The maximum Gasteiger partial charge on any atom is 0.164 e. The molecule has 470 valence electrons. The number of nitrogens with zero attached hydrogens (tertiary/aromatic N) is 6. The van der Waals surface area contributed by atoms with Crippen LogP contribution in [-0.2, 0) is 5.41 Å². The van der Waals surface area contributed by atoms with E-state index in [-0.39, 0.29) is 0 Å². The van der Waals surface area contributed by atoms with Crippen LogP contribution in [0.2, 0.25) is 0 Å². The predicted molar refractivity (Wildman–Crippen MR) is 409 cm³/mol. The molecule has 0 saturated heterocycles. The summed E-state index contributed by atoms with van der Waals surface area (Å²) in [6.07, 6.45) is 0. The third-order valence-corrected chi connectivity index (χ3v) is 20.3. The predicted octanol–water partition coefficient (Wildman–Crippen LogP) is 23.5. The molecular weight excluding hydrogens is 1230 g/mol. The highest BCUT2D eigenvalue weighted by molar-refractivity contribution is 6.20. The van der Waals surface area contributed by atoms with E-state index in [0.717, 1.165) is 160 Å². The van der Waals surface area contributed by atoms with Gasteiger partial charge in [-0.1, -0.05) is 297 Å². The van der Waals surface area contributed by atoms with E-state index in [1.807, 2.05) is 72.8 Å². The molecule has 20 rings (SSSR count). The molecule has 8 nitrogen and oxygen atoms in total. The molecule has 15 aromatic carbocycles. The van der Waals surface area contributed by atoms with Crippen molar-refractivity contribution in [2.75, 3.05) is 0 Å². The topological polar surface area (TPSA) is 104 Å². The highest BCUT2D eigenvalue weighted by Gasteiger charge is 2.46. The summed E-state index contributed by atoms with van der Waals surface area (Å²) in [5.74, 6) is 3.50. The molecule has 4 heterocycles. The summed E-state index contributed by atoms with van der Waals surface area (Å²) in [5.41, 5.74) is 21.4. The monoisotopic (exact) mass is 1290 g/mol. The van der Waals surface area contributed by atoms with Crippen LogP contribution in [0.4, 0.5) is 0 Å². The van der Waals surface area contributed by atoms with Crippen molar-refractivity contribution >= 4 is 65.4 Å². The average Bonchev–Trinajstić information content (AvgIpc) is 1.55. The van der Waals surface area contributed by atoms with Crippen LogP contribution in [-0.4, -0.2) is 29.9 Å². The van der Waals surface area contributed by atoms with Gasteiger partial charge in [-0.15, -0.1) is 0 Å². The molecule has 101 heavy (non-hydrogen) atoms. The van der Waals surface area contributed by atoms with Gasteiger partial charge in [0, 0.05) is 65.7 Å². The van der Waals surface area contributed by atoms with E-state index in [1.165, 1.54) is 5.56 Å². The highest BCUT2D eigenvalue weighted by atomic mass is 16.3. The summed E-state index contributed by atoms with van der Waals surface area (Å²) in [7, 11) is 0. The van der Waals surface area contributed by atoms with Crippen LogP contribution in [0.15, 0.2) is 349 Å². The number of para-hydroxylation sites is 2. The molecule has 0 unspecified atom stereocenters. The molecule has 4 aromatic heterocycles. The Morgan fingerprint density at radius 3 is 1.05 bits per heavy atom. The molecular formula is C93H56N6O2. The first-order valence-corrected chi connectivity index (χ1v) is 34.0. The van der Waals surface area contributed by atoms with Crippen molar-refractivity contribution in [2.45, 2.75) is 5.41 Å². The Kier molecular flexibility index (Phi) is 13.3. The van der Waals surface area contributed by atoms with Crippen LogP contribution >= 0.6 is 0 Å². The minimum Gasteiger partial charge on any atom is -0.455 e. The van der Waals surface area contributed by atoms with E-state index in [4.69, 9.17) is 38.7 Å². The Bertz CT molecular complexity index is 6450. The van der Waals surface area contributed by atoms with E-state index >= 15 is 0 Å². The molecule has 0 fully saturated rings. The van der Waals surface area contributed by atoms with Crippen LogP contribution in [0, 0.1) is 0 Å². The van der Waals surface area contributed by atoms with Gasteiger partial charge in [0.2, 0.25) is 0 Å². The number of aromatic nitrogens is 6. The molecule has 0 amide bonds. The van der Waals surface area contributed by atoms with Crippen molar-refractivity contribution in [1.82, 2.24) is 29.9 Å². The largest absolute Gasteiger partial charge is 0.455 e. The third kappa shape index (κ3) is 9.52. The number of fused-ring (bicyclic) bond motifs is 13. The zero-order valence-electron chi connectivity index (χ0n) is 54.3. The summed E-state index contributed by atoms with van der Waals surface area (Å²) in [5, 5.41) is 8.78. The fourth-order valence-corrected chi connectivity index (χ4v) is 15.5. The molecule has 1 aliphatic rings. The summed E-state index contributed by atoms with van der Waals surface area (Å²) in [4.78, 5) is 31.6. The second-order valence-electron chi connectivity index (χ2n) is 26.0. The van der Waals surface area contributed by atoms with Crippen molar-refractivity contribution in [2.24, 2.45) is 0 Å². The summed E-state index contributed by atoms with van der Waals surface area (Å²) in [6.45, 7) is 0. The Hall–Kier alpha value is -13.6. The average molecular weight is 1290 g/mol. The SMILES string of the molecule is c1ccc(-c2nc(-c3ccc(-c4ccc5c(c4)C(c4ccccc4)(c4ccccc4)c4cc(-c6nc(-c7ccccc7)nc(-c7cccc(-c8cccc9ccc%10c%11ccccc%11oc%10c89)c7)n6)ccc4-5)cc3)nc(-c3ccc(-c4cccc5ccc6c7ccccc7oc6c45)cc3)n2)cc1. The van der Waals surface area contributed by atoms with Crippen LogP contribution in [0.3, 0.4) is 0 Å². The summed E-state index contributed by atoms with van der Waals surface area (Å²) < 4.78 is 13.2. The second kappa shape index (κ2) is 23.3. The van der Waals surface area contributed by atoms with E-state index in [1.54, 1.807) is 0 Å². The molecule has 0 atom stereocenters. The van der Waals surface area contributed by atoms with Gasteiger partial charge in [-0.05, 0) is 120 Å². The van der Waals surface area contributed by atoms with E-state index < -0.39 is 5.41 Å². The normalized spacial score (nSPS) is 12.4.